The molecule has 29 heavy (non-hydrogen) atoms. The molecule has 0 saturated heterocycles. The summed E-state index contributed by atoms with van der Waals surface area (Å²) < 4.78 is 35.6. The van der Waals surface area contributed by atoms with E-state index in [9.17, 15) is 8.78 Å². The number of hydrogen-bond donors (Lipinski definition) is 2. The Hall–Kier alpha value is -2.47. The van der Waals surface area contributed by atoms with Crippen LogP contribution >= 0.6 is 0 Å². The zero-order valence-corrected chi connectivity index (χ0v) is 17.3. The Balaban J connectivity index is 1.60. The number of pyridine rings is 1. The molecule has 1 aromatic carbocycles. The molecule has 0 bridgehead atoms. The van der Waals surface area contributed by atoms with Crippen LogP contribution in [0.4, 0.5) is 8.78 Å². The number of nitrogens with one attached hydrogen (secondary N) is 2. The summed E-state index contributed by atoms with van der Waals surface area (Å²) in [5, 5.41) is 6.58. The lowest BCUT2D eigenvalue weighted by molar-refractivity contribution is -0.00788. The molecule has 2 aliphatic heterocycles. The fourth-order valence-corrected chi connectivity index (χ4v) is 4.05. The Morgan fingerprint density at radius 2 is 2.07 bits per heavy atom. The first kappa shape index (κ1) is 19.8. The number of halogens is 2. The van der Waals surface area contributed by atoms with E-state index in [0.717, 1.165) is 29.7 Å². The Bertz CT molecular complexity index is 971. The predicted octanol–water partition coefficient (Wildman–Crippen LogP) is 5.06. The molecule has 2 aromatic rings. The van der Waals surface area contributed by atoms with Crippen LogP contribution in [0, 0.1) is 11.6 Å². The highest BCUT2D eigenvalue weighted by atomic mass is 19.1. The molecule has 0 spiro atoms. The molecule has 2 atom stereocenters. The van der Waals surface area contributed by atoms with Crippen molar-refractivity contribution in [1.29, 1.82) is 0 Å². The minimum Gasteiger partial charge on any atom is -0.386 e. The molecule has 0 fully saturated rings. The third-order valence-corrected chi connectivity index (χ3v) is 5.91. The van der Waals surface area contributed by atoms with Gasteiger partial charge in [-0.1, -0.05) is 6.92 Å². The summed E-state index contributed by atoms with van der Waals surface area (Å²) in [7, 11) is 0. The zero-order valence-electron chi connectivity index (χ0n) is 17.3. The third kappa shape index (κ3) is 3.73. The predicted molar refractivity (Wildman–Crippen MR) is 109 cm³/mol. The van der Waals surface area contributed by atoms with Crippen molar-refractivity contribution in [2.75, 3.05) is 0 Å². The second kappa shape index (κ2) is 7.41. The van der Waals surface area contributed by atoms with Gasteiger partial charge in [0.05, 0.1) is 23.9 Å². The lowest BCUT2D eigenvalue weighted by Crippen LogP contribution is -2.20. The smallest absolute Gasteiger partial charge is 0.133 e. The largest absolute Gasteiger partial charge is 0.386 e. The number of aromatic nitrogens is 1. The second-order valence-corrected chi connectivity index (χ2v) is 8.39. The normalized spacial score (nSPS) is 20.8. The van der Waals surface area contributed by atoms with Gasteiger partial charge in [0, 0.05) is 47.2 Å². The molecule has 0 saturated carbocycles. The van der Waals surface area contributed by atoms with Gasteiger partial charge in [-0.3, -0.25) is 4.98 Å². The molecule has 154 valence electrons. The molecule has 0 aliphatic carbocycles. The Labute approximate surface area is 170 Å². The van der Waals surface area contributed by atoms with Crippen LogP contribution in [0.25, 0.3) is 11.3 Å². The van der Waals surface area contributed by atoms with Crippen molar-refractivity contribution in [3.8, 4) is 11.3 Å². The van der Waals surface area contributed by atoms with Gasteiger partial charge in [0.2, 0.25) is 0 Å². The Morgan fingerprint density at radius 1 is 1.28 bits per heavy atom. The number of fused-ring (bicyclic) bond motifs is 1. The maximum Gasteiger partial charge on any atom is 0.133 e. The first-order chi connectivity index (χ1) is 13.8. The first-order valence-corrected chi connectivity index (χ1v) is 10.1. The summed E-state index contributed by atoms with van der Waals surface area (Å²) in [4.78, 5) is 4.34. The van der Waals surface area contributed by atoms with Crippen molar-refractivity contribution in [2.24, 2.45) is 0 Å². The number of ether oxygens (including phenoxy) is 1. The van der Waals surface area contributed by atoms with Crippen molar-refractivity contribution in [3.63, 3.8) is 0 Å². The van der Waals surface area contributed by atoms with Crippen molar-refractivity contribution in [1.82, 2.24) is 15.6 Å². The van der Waals surface area contributed by atoms with Crippen molar-refractivity contribution in [2.45, 2.75) is 64.8 Å². The number of nitrogens with zero attached hydrogens (tertiary/aromatic N) is 1. The van der Waals surface area contributed by atoms with Crippen molar-refractivity contribution < 1.29 is 13.5 Å². The highest BCUT2D eigenvalue weighted by molar-refractivity contribution is 5.63. The van der Waals surface area contributed by atoms with E-state index in [1.165, 1.54) is 12.1 Å². The lowest BCUT2D eigenvalue weighted by atomic mass is 9.95. The fraction of sp³-hybridized carbons (Fsp3) is 0.435. The van der Waals surface area contributed by atoms with E-state index in [0.29, 0.717) is 23.9 Å². The Kier molecular flexibility index (Phi) is 5.07. The van der Waals surface area contributed by atoms with Crippen LogP contribution in [0.2, 0.25) is 0 Å². The Morgan fingerprint density at radius 3 is 2.79 bits per heavy atom. The highest BCUT2D eigenvalue weighted by Gasteiger charge is 2.32. The van der Waals surface area contributed by atoms with Crippen LogP contribution < -0.4 is 10.6 Å². The quantitative estimate of drug-likeness (QED) is 0.738. The van der Waals surface area contributed by atoms with Gasteiger partial charge in [-0.2, -0.15) is 0 Å². The minimum atomic E-state index is -0.482. The molecule has 0 amide bonds. The molecule has 6 heteroatoms. The van der Waals surface area contributed by atoms with Gasteiger partial charge in [-0.05, 0) is 51.0 Å². The molecule has 2 aliphatic rings. The summed E-state index contributed by atoms with van der Waals surface area (Å²) in [6.07, 6.45) is 5.49. The molecule has 1 unspecified atom stereocenters. The van der Waals surface area contributed by atoms with Gasteiger partial charge in [0.25, 0.3) is 0 Å². The maximum atomic E-state index is 15.0. The monoisotopic (exact) mass is 399 g/mol. The van der Waals surface area contributed by atoms with E-state index in [1.54, 1.807) is 12.3 Å². The fourth-order valence-electron chi connectivity index (χ4n) is 4.05. The number of rotatable bonds is 5. The van der Waals surface area contributed by atoms with Gasteiger partial charge in [-0.25, -0.2) is 8.78 Å². The standard InChI is InChI=1S/C23H27F2N3O/c1-5-15-6-16(11-26-15)28-13(2)17-7-21(25)18(8-20(17)24)22-9-19-14(10-27-22)12-29-23(19,3)4/h7-11,13,15,26,28H,5-6,12H2,1-4H3/t13?,15-/m0/s1. The van der Waals surface area contributed by atoms with Gasteiger partial charge < -0.3 is 15.4 Å². The number of benzene rings is 1. The van der Waals surface area contributed by atoms with Crippen molar-refractivity contribution in [3.05, 3.63) is 64.6 Å². The third-order valence-electron chi connectivity index (χ3n) is 5.91. The first-order valence-electron chi connectivity index (χ1n) is 10.1. The molecule has 2 N–H and O–H groups in total. The van der Waals surface area contributed by atoms with Gasteiger partial charge in [0.15, 0.2) is 0 Å². The number of hydrogen-bond acceptors (Lipinski definition) is 4. The molecule has 4 nitrogen and oxygen atoms in total. The molecule has 0 radical (unpaired) electrons. The van der Waals surface area contributed by atoms with Crippen LogP contribution in [-0.2, 0) is 16.9 Å². The SMILES string of the molecule is CC[C@H]1CC(NC(C)c2cc(F)c(-c3cc4c(cn3)COC4(C)C)cc2F)=CN1. The van der Waals surface area contributed by atoms with E-state index in [-0.39, 0.29) is 11.6 Å². The van der Waals surface area contributed by atoms with Crippen molar-refractivity contribution >= 4 is 0 Å². The van der Waals surface area contributed by atoms with Gasteiger partial charge in [0.1, 0.15) is 11.6 Å². The summed E-state index contributed by atoms with van der Waals surface area (Å²) in [6, 6.07) is 4.38. The van der Waals surface area contributed by atoms with Crippen LogP contribution in [0.15, 0.2) is 36.3 Å². The van der Waals surface area contributed by atoms with Crippen LogP contribution in [-0.4, -0.2) is 11.0 Å². The second-order valence-electron chi connectivity index (χ2n) is 8.39. The summed E-state index contributed by atoms with van der Waals surface area (Å²) in [5.41, 5.74) is 3.38. The molecule has 3 heterocycles. The van der Waals surface area contributed by atoms with Crippen LogP contribution in [0.3, 0.4) is 0 Å². The average molecular weight is 399 g/mol. The molecule has 1 aromatic heterocycles. The van der Waals surface area contributed by atoms with Gasteiger partial charge >= 0.3 is 0 Å². The minimum absolute atomic E-state index is 0.164. The summed E-state index contributed by atoms with van der Waals surface area (Å²) in [5.74, 6) is -0.929. The summed E-state index contributed by atoms with van der Waals surface area (Å²) in [6.45, 7) is 8.37. The summed E-state index contributed by atoms with van der Waals surface area (Å²) >= 11 is 0. The van der Waals surface area contributed by atoms with Crippen LogP contribution in [0.5, 0.6) is 0 Å². The van der Waals surface area contributed by atoms with E-state index >= 15 is 0 Å². The van der Waals surface area contributed by atoms with E-state index in [1.807, 2.05) is 27.0 Å². The average Bonchev–Trinajstić information content (AvgIpc) is 3.27. The van der Waals surface area contributed by atoms with Crippen LogP contribution in [0.1, 0.15) is 63.3 Å². The zero-order chi connectivity index (χ0) is 20.8. The highest BCUT2D eigenvalue weighted by Crippen LogP contribution is 2.38. The maximum absolute atomic E-state index is 15.0. The molecular formula is C23H27F2N3O. The van der Waals surface area contributed by atoms with E-state index < -0.39 is 17.2 Å². The van der Waals surface area contributed by atoms with E-state index in [4.69, 9.17) is 4.74 Å². The van der Waals surface area contributed by atoms with E-state index in [2.05, 4.69) is 22.5 Å². The van der Waals surface area contributed by atoms with Gasteiger partial charge in [-0.15, -0.1) is 0 Å². The molecular weight excluding hydrogens is 372 g/mol. The topological polar surface area (TPSA) is 46.2 Å². The molecule has 4 rings (SSSR count). The lowest BCUT2D eigenvalue weighted by Gasteiger charge is -2.20.